The summed E-state index contributed by atoms with van der Waals surface area (Å²) in [5, 5.41) is 19.2. The lowest BCUT2D eigenvalue weighted by molar-refractivity contribution is 0.0993. The lowest BCUT2D eigenvalue weighted by atomic mass is 9.97. The molecule has 0 bridgehead atoms. The van der Waals surface area contributed by atoms with Crippen LogP contribution in [-0.2, 0) is 10.0 Å². The van der Waals surface area contributed by atoms with Crippen molar-refractivity contribution in [2.45, 2.75) is 4.34 Å². The topological polar surface area (TPSA) is 150 Å². The molecule has 0 spiro atoms. The maximum Gasteiger partial charge on any atom is 0.278 e. The van der Waals surface area contributed by atoms with Crippen molar-refractivity contribution in [3.63, 3.8) is 0 Å². The predicted molar refractivity (Wildman–Crippen MR) is 138 cm³/mol. The second-order valence-electron chi connectivity index (χ2n) is 7.75. The fraction of sp³-hybridized carbons (Fsp3) is 0. The number of anilines is 1. The van der Waals surface area contributed by atoms with Crippen molar-refractivity contribution >= 4 is 38.2 Å². The standard InChI is InChI=1S/C25H18N6O4S2/c26-37(34,35)25-29-28-24(36-25)27-23(33)20-19(22(32)17-12-6-2-7-13-17)21(16-10-4-1-5-11-16)31(30-20)18-14-8-3-9-15-18/h1-15H,(H2,26,34,35)(H,27,28,33). The number of carbonyl (C=O) groups excluding carboxylic acids is 2. The monoisotopic (exact) mass is 530 g/mol. The number of hydrogen-bond donors (Lipinski definition) is 2. The molecule has 2 aromatic heterocycles. The van der Waals surface area contributed by atoms with Crippen molar-refractivity contribution in [2.24, 2.45) is 5.14 Å². The number of sulfonamides is 1. The van der Waals surface area contributed by atoms with E-state index in [-0.39, 0.29) is 16.4 Å². The Morgan fingerprint density at radius 1 is 0.838 bits per heavy atom. The molecule has 0 radical (unpaired) electrons. The second kappa shape index (κ2) is 9.85. The van der Waals surface area contributed by atoms with Crippen LogP contribution in [0.5, 0.6) is 0 Å². The van der Waals surface area contributed by atoms with Crippen LogP contribution in [0.2, 0.25) is 0 Å². The largest absolute Gasteiger partial charge is 0.295 e. The summed E-state index contributed by atoms with van der Waals surface area (Å²) in [6.45, 7) is 0. The summed E-state index contributed by atoms with van der Waals surface area (Å²) in [6, 6.07) is 26.8. The minimum Gasteiger partial charge on any atom is -0.295 e. The summed E-state index contributed by atoms with van der Waals surface area (Å²) in [4.78, 5) is 27.3. The van der Waals surface area contributed by atoms with Crippen molar-refractivity contribution in [3.8, 4) is 16.9 Å². The highest BCUT2D eigenvalue weighted by Crippen LogP contribution is 2.32. The molecule has 10 nitrogen and oxygen atoms in total. The molecule has 3 N–H and O–H groups in total. The Morgan fingerprint density at radius 2 is 1.43 bits per heavy atom. The van der Waals surface area contributed by atoms with E-state index in [9.17, 15) is 18.0 Å². The molecule has 0 aliphatic heterocycles. The number of amides is 1. The molecule has 1 amide bonds. The number of rotatable bonds is 7. The van der Waals surface area contributed by atoms with E-state index < -0.39 is 26.1 Å². The number of aromatic nitrogens is 4. The van der Waals surface area contributed by atoms with Crippen LogP contribution in [0, 0.1) is 0 Å². The molecule has 3 aromatic carbocycles. The number of para-hydroxylation sites is 1. The third-order valence-electron chi connectivity index (χ3n) is 5.28. The van der Waals surface area contributed by atoms with Crippen molar-refractivity contribution in [3.05, 3.63) is 108 Å². The van der Waals surface area contributed by atoms with E-state index in [4.69, 9.17) is 5.14 Å². The number of nitrogens with zero attached hydrogens (tertiary/aromatic N) is 4. The number of nitrogens with two attached hydrogens (primary N) is 1. The number of benzene rings is 3. The minimum absolute atomic E-state index is 0.0786. The lowest BCUT2D eigenvalue weighted by Crippen LogP contribution is -2.17. The first kappa shape index (κ1) is 24.2. The highest BCUT2D eigenvalue weighted by atomic mass is 32.2. The summed E-state index contributed by atoms with van der Waals surface area (Å²) in [7, 11) is -4.09. The Balaban J connectivity index is 1.71. The molecule has 0 aliphatic rings. The SMILES string of the molecule is NS(=O)(=O)c1nnc(NC(=O)c2nn(-c3ccccc3)c(-c3ccccc3)c2C(=O)c2ccccc2)s1. The van der Waals surface area contributed by atoms with Gasteiger partial charge in [-0.25, -0.2) is 18.2 Å². The number of hydrogen-bond acceptors (Lipinski definition) is 8. The van der Waals surface area contributed by atoms with Crippen LogP contribution in [0.25, 0.3) is 16.9 Å². The van der Waals surface area contributed by atoms with Gasteiger partial charge in [-0.2, -0.15) is 5.10 Å². The van der Waals surface area contributed by atoms with Gasteiger partial charge in [0.25, 0.3) is 15.9 Å². The molecule has 5 rings (SSSR count). The van der Waals surface area contributed by atoms with Crippen LogP contribution >= 0.6 is 11.3 Å². The van der Waals surface area contributed by atoms with Crippen molar-refractivity contribution < 1.29 is 18.0 Å². The highest BCUT2D eigenvalue weighted by molar-refractivity contribution is 7.91. The Hall–Kier alpha value is -4.52. The van der Waals surface area contributed by atoms with Crippen LogP contribution in [0.1, 0.15) is 26.4 Å². The van der Waals surface area contributed by atoms with Gasteiger partial charge in [-0.05, 0) is 12.1 Å². The van der Waals surface area contributed by atoms with Crippen LogP contribution in [-0.4, -0.2) is 40.1 Å². The molecule has 0 unspecified atom stereocenters. The highest BCUT2D eigenvalue weighted by Gasteiger charge is 2.31. The first-order chi connectivity index (χ1) is 17.8. The van der Waals surface area contributed by atoms with Gasteiger partial charge in [0, 0.05) is 11.1 Å². The quantitative estimate of drug-likeness (QED) is 0.241. The minimum atomic E-state index is -4.09. The average molecular weight is 531 g/mol. The number of ketones is 1. The van der Waals surface area contributed by atoms with E-state index in [0.29, 0.717) is 33.8 Å². The molecule has 0 aliphatic carbocycles. The zero-order valence-electron chi connectivity index (χ0n) is 19.0. The van der Waals surface area contributed by atoms with Crippen LogP contribution in [0.3, 0.4) is 0 Å². The number of carbonyl (C=O) groups is 2. The first-order valence-electron chi connectivity index (χ1n) is 10.8. The molecule has 37 heavy (non-hydrogen) atoms. The number of primary sulfonamides is 1. The van der Waals surface area contributed by atoms with Crippen molar-refractivity contribution in [1.82, 2.24) is 20.0 Å². The van der Waals surface area contributed by atoms with E-state index in [1.807, 2.05) is 48.5 Å². The van der Waals surface area contributed by atoms with E-state index in [0.717, 1.165) is 0 Å². The molecule has 12 heteroatoms. The zero-order valence-corrected chi connectivity index (χ0v) is 20.6. The van der Waals surface area contributed by atoms with Gasteiger partial charge < -0.3 is 0 Å². The molecular formula is C25H18N6O4S2. The Bertz CT molecular complexity index is 1700. The van der Waals surface area contributed by atoms with Gasteiger partial charge in [-0.15, -0.1) is 10.2 Å². The first-order valence-corrected chi connectivity index (χ1v) is 13.2. The van der Waals surface area contributed by atoms with Gasteiger partial charge in [-0.3, -0.25) is 14.9 Å². The third-order valence-corrected chi connectivity index (χ3v) is 7.43. The molecule has 2 heterocycles. The molecule has 0 atom stereocenters. The fourth-order valence-electron chi connectivity index (χ4n) is 3.68. The summed E-state index contributed by atoms with van der Waals surface area (Å²) >= 11 is 0.591. The van der Waals surface area contributed by atoms with E-state index >= 15 is 0 Å². The van der Waals surface area contributed by atoms with Gasteiger partial charge in [0.05, 0.1) is 16.9 Å². The smallest absolute Gasteiger partial charge is 0.278 e. The van der Waals surface area contributed by atoms with Crippen molar-refractivity contribution in [1.29, 1.82) is 0 Å². The van der Waals surface area contributed by atoms with Gasteiger partial charge in [0.1, 0.15) is 0 Å². The summed E-state index contributed by atoms with van der Waals surface area (Å²) in [5.74, 6) is -1.17. The summed E-state index contributed by atoms with van der Waals surface area (Å²) in [6.07, 6.45) is 0. The third kappa shape index (κ3) is 4.93. The van der Waals surface area contributed by atoms with Gasteiger partial charge >= 0.3 is 0 Å². The van der Waals surface area contributed by atoms with Gasteiger partial charge in [-0.1, -0.05) is 90.2 Å². The van der Waals surface area contributed by atoms with Crippen molar-refractivity contribution in [2.75, 3.05) is 5.32 Å². The number of nitrogens with one attached hydrogen (secondary N) is 1. The average Bonchev–Trinajstić information content (AvgIpc) is 3.55. The Kier molecular flexibility index (Phi) is 6.44. The van der Waals surface area contributed by atoms with Gasteiger partial charge in [0.2, 0.25) is 9.47 Å². The van der Waals surface area contributed by atoms with Crippen LogP contribution in [0.15, 0.2) is 95.3 Å². The lowest BCUT2D eigenvalue weighted by Gasteiger charge is -2.10. The van der Waals surface area contributed by atoms with E-state index in [2.05, 4.69) is 20.6 Å². The predicted octanol–water partition coefficient (Wildman–Crippen LogP) is 3.52. The maximum absolute atomic E-state index is 13.8. The molecule has 5 aromatic rings. The van der Waals surface area contributed by atoms with Gasteiger partial charge in [0.15, 0.2) is 11.5 Å². The molecule has 0 fully saturated rings. The van der Waals surface area contributed by atoms with Crippen LogP contribution in [0.4, 0.5) is 5.13 Å². The van der Waals surface area contributed by atoms with Crippen LogP contribution < -0.4 is 10.5 Å². The molecule has 0 saturated heterocycles. The zero-order chi connectivity index (χ0) is 26.0. The second-order valence-corrected chi connectivity index (χ2v) is 10.5. The van der Waals surface area contributed by atoms with E-state index in [1.54, 1.807) is 42.5 Å². The fourth-order valence-corrected chi connectivity index (χ4v) is 5.00. The Morgan fingerprint density at radius 3 is 2.03 bits per heavy atom. The van der Waals surface area contributed by atoms with E-state index in [1.165, 1.54) is 4.68 Å². The molecular weight excluding hydrogens is 512 g/mol. The molecule has 0 saturated carbocycles. The maximum atomic E-state index is 13.8. The summed E-state index contributed by atoms with van der Waals surface area (Å²) < 4.78 is 24.2. The Labute approximate surface area is 215 Å². The molecule has 184 valence electrons. The summed E-state index contributed by atoms with van der Waals surface area (Å²) in [5.41, 5.74) is 2.01. The normalized spacial score (nSPS) is 11.3.